The number of hydrogen-bond donors (Lipinski definition) is 0. The molecule has 114 heavy (non-hydrogen) atoms. The van der Waals surface area contributed by atoms with Crippen molar-refractivity contribution in [3.8, 4) is 100 Å². The van der Waals surface area contributed by atoms with Crippen LogP contribution in [0.5, 0.6) is 0 Å². The highest BCUT2D eigenvalue weighted by Crippen LogP contribution is 2.65. The summed E-state index contributed by atoms with van der Waals surface area (Å²) < 4.78 is 14.3. The van der Waals surface area contributed by atoms with E-state index in [9.17, 15) is 0 Å². The lowest BCUT2D eigenvalue weighted by molar-refractivity contribution is 0.399. The first-order valence-corrected chi connectivity index (χ1v) is 42.5. The Hall–Kier alpha value is -11.5. The van der Waals surface area contributed by atoms with Crippen LogP contribution in [-0.2, 0) is 27.1 Å². The fourth-order valence-corrected chi connectivity index (χ4v) is 22.3. The van der Waals surface area contributed by atoms with Crippen molar-refractivity contribution >= 4 is 60.9 Å². The molecule has 0 N–H and O–H groups in total. The maximum absolute atomic E-state index is 7.17. The molecule has 14 aromatic carbocycles. The number of benzene rings is 14. The molecule has 5 aliphatic carbocycles. The van der Waals surface area contributed by atoms with Gasteiger partial charge in [0, 0.05) is 76.8 Å². The summed E-state index contributed by atoms with van der Waals surface area (Å²) in [5.41, 5.74) is 42.7. The monoisotopic (exact) mass is 1480 g/mol. The molecule has 16 aromatic rings. The first-order chi connectivity index (χ1) is 55.5. The molecule has 3 heteroatoms. The van der Waals surface area contributed by atoms with Gasteiger partial charge in [-0.3, -0.25) is 0 Å². The van der Waals surface area contributed by atoms with Gasteiger partial charge >= 0.3 is 0 Å². The molecular formula is C111H99NO2. The van der Waals surface area contributed by atoms with Crippen LogP contribution in [0.2, 0.25) is 0 Å². The lowest BCUT2D eigenvalue weighted by atomic mass is 9.70. The van der Waals surface area contributed by atoms with Gasteiger partial charge in [-0.05, 0) is 230 Å². The number of hydrogen-bond acceptors (Lipinski definition) is 3. The molecule has 0 atom stereocenters. The van der Waals surface area contributed by atoms with Crippen molar-refractivity contribution in [1.82, 2.24) is 0 Å². The molecule has 0 saturated carbocycles. The number of furan rings is 2. The van der Waals surface area contributed by atoms with Crippen LogP contribution >= 0.6 is 0 Å². The van der Waals surface area contributed by atoms with Gasteiger partial charge in [0.15, 0.2) is 0 Å². The molecule has 2 aromatic heterocycles. The largest absolute Gasteiger partial charge is 0.455 e. The molecule has 0 bridgehead atoms. The quantitative estimate of drug-likeness (QED) is 0.0756. The maximum atomic E-state index is 7.17. The highest BCUT2D eigenvalue weighted by molar-refractivity contribution is 6.22. The van der Waals surface area contributed by atoms with Gasteiger partial charge in [-0.15, -0.1) is 0 Å². The van der Waals surface area contributed by atoms with E-state index in [0.717, 1.165) is 61.3 Å². The van der Waals surface area contributed by atoms with Gasteiger partial charge < -0.3 is 13.7 Å². The van der Waals surface area contributed by atoms with E-state index < -0.39 is 5.41 Å². The van der Waals surface area contributed by atoms with E-state index in [2.05, 4.69) is 347 Å². The van der Waals surface area contributed by atoms with Crippen LogP contribution in [0.3, 0.4) is 0 Å². The van der Waals surface area contributed by atoms with Crippen molar-refractivity contribution in [2.24, 2.45) is 0 Å². The van der Waals surface area contributed by atoms with Crippen LogP contribution in [-0.4, -0.2) is 0 Å². The van der Waals surface area contributed by atoms with Crippen molar-refractivity contribution in [1.29, 1.82) is 0 Å². The van der Waals surface area contributed by atoms with Crippen LogP contribution in [0.4, 0.5) is 17.1 Å². The number of rotatable bonds is 19. The van der Waals surface area contributed by atoms with Gasteiger partial charge in [-0.2, -0.15) is 0 Å². The summed E-state index contributed by atoms with van der Waals surface area (Å²) >= 11 is 0. The minimum Gasteiger partial charge on any atom is -0.455 e. The summed E-state index contributed by atoms with van der Waals surface area (Å²) in [4.78, 5) is 2.51. The van der Waals surface area contributed by atoms with Crippen molar-refractivity contribution in [2.75, 3.05) is 4.90 Å². The Morgan fingerprint density at radius 3 is 1.27 bits per heavy atom. The second-order valence-corrected chi connectivity index (χ2v) is 36.0. The van der Waals surface area contributed by atoms with E-state index in [-0.39, 0.29) is 21.7 Å². The summed E-state index contributed by atoms with van der Waals surface area (Å²) in [6.07, 6.45) is 15.5. The van der Waals surface area contributed by atoms with E-state index >= 15 is 0 Å². The molecule has 21 rings (SSSR count). The van der Waals surface area contributed by atoms with Gasteiger partial charge in [0.2, 0.25) is 0 Å². The highest BCUT2D eigenvalue weighted by Gasteiger charge is 2.50. The van der Waals surface area contributed by atoms with E-state index in [4.69, 9.17) is 8.83 Å². The number of fused-ring (bicyclic) bond motifs is 25. The van der Waals surface area contributed by atoms with Gasteiger partial charge in [-0.25, -0.2) is 0 Å². The van der Waals surface area contributed by atoms with Gasteiger partial charge in [-0.1, -0.05) is 334 Å². The standard InChI is InChI=1S/C111H99NO2/c1-11-13-15-17-30-60-111(61-31-18-16-14-12-2)89-39-27-22-34-78(89)81-57-50-74(64-94(81)111)73-49-56-80-79-55-48-72(62-90(79)107(3,4)91(80)63-73)70-42-44-71(45-43-70)87-67-95-98(100-85-36-24-28-40-96(85)113-105(87)100)83-58-53-76(65-92(83)108(95,5)6)112(75-51-46-69(47-52-75)68-32-20-19-21-33-68)77-54-59-84-93(66-77)110(9,10)103-99(84)101-86-37-25-29-41-97(86)114-106(101)102-82-35-23-26-38-88(82)109(7,8)104(102)103/h19-29,32-59,62-67H,11-18,30-31,60-61H2,1-10H3. The molecule has 0 saturated heterocycles. The lowest BCUT2D eigenvalue weighted by Crippen LogP contribution is -2.25. The fourth-order valence-electron chi connectivity index (χ4n) is 22.3. The van der Waals surface area contributed by atoms with Crippen molar-refractivity contribution in [3.63, 3.8) is 0 Å². The number of nitrogens with zero attached hydrogens (tertiary/aromatic N) is 1. The SMILES string of the molecule is CCCCCCCC1(CCCCCCC)c2ccccc2-c2ccc(-c3ccc4c(c3)C(C)(C)c3cc(-c5ccc(-c6cc7c(c8c6oc6ccccc68)-c6ccc(N(c8ccc(-c9ccccc9)cc8)c8ccc9c(c8)C(C)(C)c8c%10c(c%11oc%12ccccc%12c%11c8-9)-c8ccccc8C%10(C)C)cc6C7(C)C)cc5)ccc3-4)cc21. The summed E-state index contributed by atoms with van der Waals surface area (Å²) in [7, 11) is 0. The van der Waals surface area contributed by atoms with Crippen molar-refractivity contribution in [2.45, 2.75) is 173 Å². The maximum Gasteiger partial charge on any atom is 0.144 e. The first-order valence-electron chi connectivity index (χ1n) is 42.5. The molecule has 0 unspecified atom stereocenters. The van der Waals surface area contributed by atoms with Gasteiger partial charge in [0.25, 0.3) is 0 Å². The summed E-state index contributed by atoms with van der Waals surface area (Å²) in [5, 5.41) is 4.69. The van der Waals surface area contributed by atoms with Crippen LogP contribution in [0.25, 0.3) is 144 Å². The van der Waals surface area contributed by atoms with Gasteiger partial charge in [0.1, 0.15) is 22.3 Å². The predicted octanol–water partition coefficient (Wildman–Crippen LogP) is 31.8. The Balaban J connectivity index is 0.627. The Kier molecular flexibility index (Phi) is 16.2. The average Bonchev–Trinajstić information content (AvgIpc) is 1.50. The van der Waals surface area contributed by atoms with Crippen LogP contribution in [0.1, 0.15) is 202 Å². The van der Waals surface area contributed by atoms with Crippen molar-refractivity contribution in [3.05, 3.63) is 329 Å². The summed E-state index contributed by atoms with van der Waals surface area (Å²) in [6.45, 7) is 24.2. The third kappa shape index (κ3) is 10.4. The van der Waals surface area contributed by atoms with Crippen molar-refractivity contribution < 1.29 is 8.83 Å². The third-order valence-corrected chi connectivity index (χ3v) is 28.1. The number of para-hydroxylation sites is 2. The second-order valence-electron chi connectivity index (χ2n) is 36.0. The summed E-state index contributed by atoms with van der Waals surface area (Å²) in [6, 6.07) is 104. The number of anilines is 3. The van der Waals surface area contributed by atoms with Crippen LogP contribution in [0.15, 0.2) is 282 Å². The topological polar surface area (TPSA) is 29.5 Å². The fraction of sp³-hybridized carbons (Fsp3) is 0.243. The molecule has 0 amide bonds. The zero-order valence-electron chi connectivity index (χ0n) is 67.7. The molecule has 0 aliphatic heterocycles. The number of unbranched alkanes of at least 4 members (excludes halogenated alkanes) is 8. The van der Waals surface area contributed by atoms with E-state index in [1.165, 1.54) is 221 Å². The Morgan fingerprint density at radius 1 is 0.254 bits per heavy atom. The predicted molar refractivity (Wildman–Crippen MR) is 481 cm³/mol. The Labute approximate surface area is 672 Å². The van der Waals surface area contributed by atoms with Gasteiger partial charge in [0.05, 0.1) is 0 Å². The molecule has 560 valence electrons. The molecule has 0 radical (unpaired) electrons. The molecule has 5 aliphatic rings. The van der Waals surface area contributed by atoms with Crippen LogP contribution in [0, 0.1) is 0 Å². The minimum atomic E-state index is -0.397. The third-order valence-electron chi connectivity index (χ3n) is 28.1. The summed E-state index contributed by atoms with van der Waals surface area (Å²) in [5.74, 6) is 0. The smallest absolute Gasteiger partial charge is 0.144 e. The zero-order chi connectivity index (χ0) is 77.3. The molecule has 2 heterocycles. The average molecular weight is 1480 g/mol. The van der Waals surface area contributed by atoms with E-state index in [1.807, 2.05) is 0 Å². The first kappa shape index (κ1) is 70.4. The minimum absolute atomic E-state index is 0.0417. The normalized spacial score (nSPS) is 15.4. The zero-order valence-corrected chi connectivity index (χ0v) is 67.7. The van der Waals surface area contributed by atoms with E-state index in [1.54, 1.807) is 11.1 Å². The molecule has 3 nitrogen and oxygen atoms in total. The van der Waals surface area contributed by atoms with E-state index in [0.29, 0.717) is 0 Å². The highest BCUT2D eigenvalue weighted by atomic mass is 16.3. The van der Waals surface area contributed by atoms with Crippen LogP contribution < -0.4 is 4.90 Å². The second kappa shape index (κ2) is 26.3. The Morgan fingerprint density at radius 2 is 0.649 bits per heavy atom. The molecular weight excluding hydrogens is 1380 g/mol. The Bertz CT molecular complexity index is 6610. The molecule has 0 spiro atoms. The lowest BCUT2D eigenvalue weighted by Gasteiger charge is -2.33. The molecule has 0 fully saturated rings.